The van der Waals surface area contributed by atoms with Gasteiger partial charge in [0.2, 0.25) is 11.8 Å². The lowest BCUT2D eigenvalue weighted by atomic mass is 10.1. The number of hydrogen-bond acceptors (Lipinski definition) is 3. The van der Waals surface area contributed by atoms with Crippen LogP contribution >= 0.6 is 11.8 Å². The van der Waals surface area contributed by atoms with Crippen molar-refractivity contribution in [3.63, 3.8) is 0 Å². The lowest BCUT2D eigenvalue weighted by Gasteiger charge is -2.33. The molecule has 0 bridgehead atoms. The zero-order valence-corrected chi connectivity index (χ0v) is 19.6. The summed E-state index contributed by atoms with van der Waals surface area (Å²) in [6, 6.07) is 17.6. The van der Waals surface area contributed by atoms with E-state index in [2.05, 4.69) is 24.4 Å². The average molecular weight is 427 g/mol. The van der Waals surface area contributed by atoms with Crippen molar-refractivity contribution in [2.24, 2.45) is 0 Å². The Kier molecular flexibility index (Phi) is 8.97. The summed E-state index contributed by atoms with van der Waals surface area (Å²) >= 11 is 1.60. The van der Waals surface area contributed by atoms with Crippen LogP contribution in [-0.4, -0.2) is 34.0 Å². The maximum Gasteiger partial charge on any atom is 0.243 e. The molecule has 0 aliphatic rings. The van der Waals surface area contributed by atoms with Crippen LogP contribution in [0.4, 0.5) is 0 Å². The number of amides is 2. The van der Waals surface area contributed by atoms with E-state index in [9.17, 15) is 9.59 Å². The SMILES string of the molecule is CC[C@@H](C(=O)NC(C)(C)C)N(Cc1ccccc1)C(=O)CSCc1ccccc1C. The highest BCUT2D eigenvalue weighted by Crippen LogP contribution is 2.19. The normalized spacial score (nSPS) is 12.3. The summed E-state index contributed by atoms with van der Waals surface area (Å²) in [5.41, 5.74) is 3.15. The van der Waals surface area contributed by atoms with Crippen LogP contribution in [0.1, 0.15) is 50.8 Å². The number of aryl methyl sites for hydroxylation is 1. The first-order chi connectivity index (χ1) is 14.2. The molecule has 0 heterocycles. The molecule has 0 saturated heterocycles. The monoisotopic (exact) mass is 426 g/mol. The Morgan fingerprint density at radius 2 is 1.67 bits per heavy atom. The number of carbonyl (C=O) groups is 2. The predicted octanol–water partition coefficient (Wildman–Crippen LogP) is 4.95. The molecule has 0 aliphatic heterocycles. The summed E-state index contributed by atoms with van der Waals surface area (Å²) in [6.07, 6.45) is 0.572. The number of thioether (sulfide) groups is 1. The third-order valence-corrected chi connectivity index (χ3v) is 5.79. The molecule has 1 N–H and O–H groups in total. The van der Waals surface area contributed by atoms with Gasteiger partial charge in [0.15, 0.2) is 0 Å². The van der Waals surface area contributed by atoms with Gasteiger partial charge in [0, 0.05) is 17.8 Å². The predicted molar refractivity (Wildman–Crippen MR) is 126 cm³/mol. The average Bonchev–Trinajstić information content (AvgIpc) is 2.68. The van der Waals surface area contributed by atoms with Gasteiger partial charge in [-0.25, -0.2) is 0 Å². The summed E-state index contributed by atoms with van der Waals surface area (Å²) < 4.78 is 0. The van der Waals surface area contributed by atoms with Crippen LogP contribution in [-0.2, 0) is 21.9 Å². The summed E-state index contributed by atoms with van der Waals surface area (Å²) in [5.74, 6) is 1.02. The molecule has 2 rings (SSSR count). The minimum atomic E-state index is -0.490. The van der Waals surface area contributed by atoms with Crippen molar-refractivity contribution in [1.82, 2.24) is 10.2 Å². The molecule has 0 fully saturated rings. The molecule has 0 aliphatic carbocycles. The first-order valence-corrected chi connectivity index (χ1v) is 11.6. The minimum absolute atomic E-state index is 0.00616. The molecular weight excluding hydrogens is 392 g/mol. The lowest BCUT2D eigenvalue weighted by molar-refractivity contribution is -0.140. The maximum atomic E-state index is 13.2. The molecular formula is C25H34N2O2S. The van der Waals surface area contributed by atoms with E-state index in [1.807, 2.05) is 70.2 Å². The molecule has 5 heteroatoms. The standard InChI is InChI=1S/C25H34N2O2S/c1-6-22(24(29)26-25(3,4)5)27(16-20-13-8-7-9-14-20)23(28)18-30-17-21-15-11-10-12-19(21)2/h7-15,22H,6,16-18H2,1-5H3,(H,26,29)/t22-/m0/s1. The molecule has 2 aromatic rings. The van der Waals surface area contributed by atoms with Crippen molar-refractivity contribution >= 4 is 23.6 Å². The van der Waals surface area contributed by atoms with Crippen LogP contribution in [0.15, 0.2) is 54.6 Å². The van der Waals surface area contributed by atoms with E-state index in [-0.39, 0.29) is 17.4 Å². The van der Waals surface area contributed by atoms with E-state index >= 15 is 0 Å². The van der Waals surface area contributed by atoms with Crippen LogP contribution in [0, 0.1) is 6.92 Å². The Labute approximate surface area is 185 Å². The smallest absolute Gasteiger partial charge is 0.243 e. The molecule has 0 radical (unpaired) electrons. The third-order valence-electron chi connectivity index (χ3n) is 4.82. The molecule has 2 aromatic carbocycles. The summed E-state index contributed by atoms with van der Waals surface area (Å²) in [4.78, 5) is 27.9. The molecule has 0 aromatic heterocycles. The van der Waals surface area contributed by atoms with E-state index in [1.165, 1.54) is 11.1 Å². The second-order valence-corrected chi connectivity index (χ2v) is 9.58. The fraction of sp³-hybridized carbons (Fsp3) is 0.440. The van der Waals surface area contributed by atoms with Crippen LogP contribution in [0.25, 0.3) is 0 Å². The number of hydrogen-bond donors (Lipinski definition) is 1. The van der Waals surface area contributed by atoms with Gasteiger partial charge in [-0.15, -0.1) is 11.8 Å². The van der Waals surface area contributed by atoms with Crippen molar-refractivity contribution in [2.75, 3.05) is 5.75 Å². The topological polar surface area (TPSA) is 49.4 Å². The van der Waals surface area contributed by atoms with Crippen molar-refractivity contribution in [3.05, 3.63) is 71.3 Å². The Morgan fingerprint density at radius 1 is 1.03 bits per heavy atom. The largest absolute Gasteiger partial charge is 0.350 e. The third kappa shape index (κ3) is 7.52. The number of carbonyl (C=O) groups excluding carboxylic acids is 2. The maximum absolute atomic E-state index is 13.2. The summed E-state index contributed by atoms with van der Waals surface area (Å²) in [6.45, 7) is 10.3. The summed E-state index contributed by atoms with van der Waals surface area (Å²) in [5, 5.41) is 3.04. The van der Waals surface area contributed by atoms with E-state index < -0.39 is 6.04 Å². The van der Waals surface area contributed by atoms with Crippen LogP contribution in [0.3, 0.4) is 0 Å². The van der Waals surface area contributed by atoms with Gasteiger partial charge in [-0.05, 0) is 50.8 Å². The Bertz CT molecular complexity index is 831. The van der Waals surface area contributed by atoms with Gasteiger partial charge in [-0.1, -0.05) is 61.5 Å². The van der Waals surface area contributed by atoms with Gasteiger partial charge in [-0.3, -0.25) is 9.59 Å². The van der Waals surface area contributed by atoms with Gasteiger partial charge < -0.3 is 10.2 Å². The molecule has 0 saturated carbocycles. The highest BCUT2D eigenvalue weighted by Gasteiger charge is 2.30. The number of nitrogens with zero attached hydrogens (tertiary/aromatic N) is 1. The van der Waals surface area contributed by atoms with Gasteiger partial charge in [-0.2, -0.15) is 0 Å². The fourth-order valence-corrected chi connectivity index (χ4v) is 4.24. The van der Waals surface area contributed by atoms with Crippen molar-refractivity contribution in [1.29, 1.82) is 0 Å². The Morgan fingerprint density at radius 3 is 2.27 bits per heavy atom. The van der Waals surface area contributed by atoms with Gasteiger partial charge in [0.25, 0.3) is 0 Å². The van der Waals surface area contributed by atoms with Crippen molar-refractivity contribution < 1.29 is 9.59 Å². The highest BCUT2D eigenvalue weighted by atomic mass is 32.2. The van der Waals surface area contributed by atoms with Crippen molar-refractivity contribution in [3.8, 4) is 0 Å². The second-order valence-electron chi connectivity index (χ2n) is 8.59. The molecule has 162 valence electrons. The number of benzene rings is 2. The molecule has 2 amide bonds. The van der Waals surface area contributed by atoms with Crippen LogP contribution in [0.5, 0.6) is 0 Å². The lowest BCUT2D eigenvalue weighted by Crippen LogP contribution is -2.53. The summed E-state index contributed by atoms with van der Waals surface area (Å²) in [7, 11) is 0. The molecule has 1 atom stereocenters. The first-order valence-electron chi connectivity index (χ1n) is 10.5. The quantitative estimate of drug-likeness (QED) is 0.617. The Balaban J connectivity index is 2.13. The van der Waals surface area contributed by atoms with Gasteiger partial charge >= 0.3 is 0 Å². The first kappa shape index (κ1) is 24.0. The van der Waals surface area contributed by atoms with E-state index in [1.54, 1.807) is 16.7 Å². The Hall–Kier alpha value is -2.27. The van der Waals surface area contributed by atoms with E-state index in [0.717, 1.165) is 11.3 Å². The zero-order valence-electron chi connectivity index (χ0n) is 18.8. The van der Waals surface area contributed by atoms with Gasteiger partial charge in [0.05, 0.1) is 5.75 Å². The number of rotatable bonds is 9. The van der Waals surface area contributed by atoms with E-state index in [0.29, 0.717) is 18.7 Å². The number of nitrogens with one attached hydrogen (secondary N) is 1. The molecule has 30 heavy (non-hydrogen) atoms. The second kappa shape index (κ2) is 11.2. The van der Waals surface area contributed by atoms with E-state index in [4.69, 9.17) is 0 Å². The van der Waals surface area contributed by atoms with Crippen LogP contribution < -0.4 is 5.32 Å². The zero-order chi connectivity index (χ0) is 22.1. The highest BCUT2D eigenvalue weighted by molar-refractivity contribution is 7.99. The fourth-order valence-electron chi connectivity index (χ4n) is 3.26. The van der Waals surface area contributed by atoms with Crippen LogP contribution in [0.2, 0.25) is 0 Å². The molecule has 0 unspecified atom stereocenters. The molecule has 0 spiro atoms. The molecule has 4 nitrogen and oxygen atoms in total. The van der Waals surface area contributed by atoms with Gasteiger partial charge in [0.1, 0.15) is 6.04 Å². The van der Waals surface area contributed by atoms with Crippen molar-refractivity contribution in [2.45, 2.75) is 64.9 Å². The minimum Gasteiger partial charge on any atom is -0.350 e.